The summed E-state index contributed by atoms with van der Waals surface area (Å²) in [5.74, 6) is -0.828. The third kappa shape index (κ3) is 4.16. The van der Waals surface area contributed by atoms with Gasteiger partial charge >= 0.3 is 5.97 Å². The molecular weight excluding hydrogens is 267 g/mol. The highest BCUT2D eigenvalue weighted by atomic mass is 19.1. The molecule has 0 saturated heterocycles. The SMILES string of the molecule is CCOC(=O)C(=C=Cc1ccccc1)c1ccc(F)cc1. The van der Waals surface area contributed by atoms with Gasteiger partial charge in [-0.25, -0.2) is 9.18 Å². The van der Waals surface area contributed by atoms with Gasteiger partial charge in [-0.1, -0.05) is 42.5 Å². The Morgan fingerprint density at radius 2 is 1.81 bits per heavy atom. The first-order valence-corrected chi connectivity index (χ1v) is 6.65. The fraction of sp³-hybridized carbons (Fsp3) is 0.111. The predicted molar refractivity (Wildman–Crippen MR) is 80.9 cm³/mol. The third-order valence-corrected chi connectivity index (χ3v) is 2.80. The van der Waals surface area contributed by atoms with Crippen LogP contribution < -0.4 is 0 Å². The summed E-state index contributed by atoms with van der Waals surface area (Å²) < 4.78 is 18.0. The number of halogens is 1. The van der Waals surface area contributed by atoms with Crippen molar-refractivity contribution < 1.29 is 13.9 Å². The van der Waals surface area contributed by atoms with E-state index in [2.05, 4.69) is 5.73 Å². The van der Waals surface area contributed by atoms with E-state index in [4.69, 9.17) is 4.74 Å². The average Bonchev–Trinajstić information content (AvgIpc) is 2.50. The Morgan fingerprint density at radius 1 is 1.14 bits per heavy atom. The summed E-state index contributed by atoms with van der Waals surface area (Å²) in [5.41, 5.74) is 4.72. The van der Waals surface area contributed by atoms with E-state index in [9.17, 15) is 9.18 Å². The van der Waals surface area contributed by atoms with Crippen LogP contribution >= 0.6 is 0 Å². The smallest absolute Gasteiger partial charge is 0.346 e. The largest absolute Gasteiger partial charge is 0.462 e. The van der Waals surface area contributed by atoms with Crippen LogP contribution in [-0.2, 0) is 9.53 Å². The summed E-state index contributed by atoms with van der Waals surface area (Å²) in [6, 6.07) is 15.2. The lowest BCUT2D eigenvalue weighted by Gasteiger charge is -2.04. The molecule has 2 aromatic carbocycles. The average molecular weight is 282 g/mol. The first-order valence-electron chi connectivity index (χ1n) is 6.65. The molecular formula is C18H15FO2. The molecule has 21 heavy (non-hydrogen) atoms. The van der Waals surface area contributed by atoms with Crippen LogP contribution in [0.1, 0.15) is 18.1 Å². The molecule has 0 unspecified atom stereocenters. The van der Waals surface area contributed by atoms with E-state index in [0.29, 0.717) is 5.56 Å². The van der Waals surface area contributed by atoms with Crippen molar-refractivity contribution in [3.05, 3.63) is 77.3 Å². The maximum Gasteiger partial charge on any atom is 0.346 e. The van der Waals surface area contributed by atoms with Crippen molar-refractivity contribution >= 4 is 17.6 Å². The fourth-order valence-corrected chi connectivity index (χ4v) is 1.78. The minimum atomic E-state index is -0.476. The number of benzene rings is 2. The van der Waals surface area contributed by atoms with E-state index in [1.54, 1.807) is 13.0 Å². The monoisotopic (exact) mass is 282 g/mol. The molecule has 0 atom stereocenters. The van der Waals surface area contributed by atoms with Gasteiger partial charge in [-0.2, -0.15) is 0 Å². The number of rotatable bonds is 4. The number of carbonyl (C=O) groups is 1. The van der Waals surface area contributed by atoms with Crippen LogP contribution in [-0.4, -0.2) is 12.6 Å². The Morgan fingerprint density at radius 3 is 2.43 bits per heavy atom. The van der Waals surface area contributed by atoms with Crippen LogP contribution in [0.15, 0.2) is 60.3 Å². The second kappa shape index (κ2) is 7.22. The molecule has 0 heterocycles. The van der Waals surface area contributed by atoms with Gasteiger partial charge in [-0.3, -0.25) is 0 Å². The van der Waals surface area contributed by atoms with Gasteiger partial charge in [0, 0.05) is 0 Å². The summed E-state index contributed by atoms with van der Waals surface area (Å²) >= 11 is 0. The lowest BCUT2D eigenvalue weighted by atomic mass is 10.1. The van der Waals surface area contributed by atoms with Crippen LogP contribution in [0.3, 0.4) is 0 Å². The molecule has 0 aliphatic rings. The molecule has 0 bridgehead atoms. The van der Waals surface area contributed by atoms with Crippen molar-refractivity contribution in [2.75, 3.05) is 6.61 Å². The van der Waals surface area contributed by atoms with E-state index in [1.165, 1.54) is 24.3 Å². The third-order valence-electron chi connectivity index (χ3n) is 2.80. The highest BCUT2D eigenvalue weighted by molar-refractivity contribution is 6.16. The lowest BCUT2D eigenvalue weighted by molar-refractivity contribution is -0.136. The highest BCUT2D eigenvalue weighted by Crippen LogP contribution is 2.16. The number of carbonyl (C=O) groups excluding carboxylic acids is 1. The van der Waals surface area contributed by atoms with E-state index < -0.39 is 5.97 Å². The Balaban J connectivity index is 2.43. The second-order valence-electron chi connectivity index (χ2n) is 4.30. The highest BCUT2D eigenvalue weighted by Gasteiger charge is 2.12. The van der Waals surface area contributed by atoms with Crippen LogP contribution in [0, 0.1) is 5.82 Å². The molecule has 0 aliphatic carbocycles. The van der Waals surface area contributed by atoms with Crippen molar-refractivity contribution in [2.24, 2.45) is 0 Å². The second-order valence-corrected chi connectivity index (χ2v) is 4.30. The Hall–Kier alpha value is -2.64. The van der Waals surface area contributed by atoms with Gasteiger partial charge in [0.25, 0.3) is 0 Å². The minimum Gasteiger partial charge on any atom is -0.462 e. The fourth-order valence-electron chi connectivity index (χ4n) is 1.78. The zero-order valence-corrected chi connectivity index (χ0v) is 11.7. The molecule has 0 radical (unpaired) electrons. The molecule has 2 rings (SSSR count). The van der Waals surface area contributed by atoms with E-state index in [1.807, 2.05) is 30.3 Å². The molecule has 0 amide bonds. The Labute approximate surface area is 123 Å². The molecule has 0 fully saturated rings. The quantitative estimate of drug-likeness (QED) is 0.480. The van der Waals surface area contributed by atoms with Crippen LogP contribution in [0.4, 0.5) is 4.39 Å². The van der Waals surface area contributed by atoms with Crippen molar-refractivity contribution in [1.82, 2.24) is 0 Å². The van der Waals surface area contributed by atoms with E-state index >= 15 is 0 Å². The Bertz CT molecular complexity index is 666. The molecule has 0 aromatic heterocycles. The standard InChI is InChI=1S/C18H15FO2/c1-2-21-18(20)17(15-9-11-16(19)12-10-15)13-8-14-6-4-3-5-7-14/h3-12H,2H2,1H3. The normalized spacial score (nSPS) is 9.62. The molecule has 0 spiro atoms. The lowest BCUT2D eigenvalue weighted by Crippen LogP contribution is -2.06. The van der Waals surface area contributed by atoms with E-state index in [0.717, 1.165) is 5.56 Å². The summed E-state index contributed by atoms with van der Waals surface area (Å²) in [7, 11) is 0. The van der Waals surface area contributed by atoms with Gasteiger partial charge in [0.05, 0.1) is 6.61 Å². The summed E-state index contributed by atoms with van der Waals surface area (Å²) in [6.45, 7) is 2.01. The van der Waals surface area contributed by atoms with E-state index in [-0.39, 0.29) is 18.0 Å². The topological polar surface area (TPSA) is 26.3 Å². The number of hydrogen-bond donors (Lipinski definition) is 0. The van der Waals surface area contributed by atoms with Gasteiger partial charge in [0.1, 0.15) is 11.4 Å². The molecule has 2 nitrogen and oxygen atoms in total. The van der Waals surface area contributed by atoms with Crippen LogP contribution in [0.25, 0.3) is 11.6 Å². The molecule has 106 valence electrons. The van der Waals surface area contributed by atoms with Crippen LogP contribution in [0.2, 0.25) is 0 Å². The molecule has 2 aromatic rings. The van der Waals surface area contributed by atoms with Crippen molar-refractivity contribution in [1.29, 1.82) is 0 Å². The van der Waals surface area contributed by atoms with Crippen LogP contribution in [0.5, 0.6) is 0 Å². The van der Waals surface area contributed by atoms with Gasteiger partial charge in [-0.05, 0) is 36.3 Å². The zero-order valence-electron chi connectivity index (χ0n) is 11.7. The number of hydrogen-bond acceptors (Lipinski definition) is 2. The first-order chi connectivity index (χ1) is 10.2. The molecule has 3 heteroatoms. The minimum absolute atomic E-state index is 0.274. The molecule has 0 saturated carbocycles. The maximum atomic E-state index is 13.0. The van der Waals surface area contributed by atoms with Gasteiger partial charge < -0.3 is 4.74 Å². The van der Waals surface area contributed by atoms with Gasteiger partial charge in [0.2, 0.25) is 0 Å². The summed E-state index contributed by atoms with van der Waals surface area (Å²) in [6.07, 6.45) is 1.70. The maximum absolute atomic E-state index is 13.0. The summed E-state index contributed by atoms with van der Waals surface area (Å²) in [4.78, 5) is 12.0. The zero-order chi connectivity index (χ0) is 15.1. The number of esters is 1. The Kier molecular flexibility index (Phi) is 5.08. The van der Waals surface area contributed by atoms with Crippen molar-refractivity contribution in [2.45, 2.75) is 6.92 Å². The van der Waals surface area contributed by atoms with Gasteiger partial charge in [-0.15, -0.1) is 5.73 Å². The summed E-state index contributed by atoms with van der Waals surface area (Å²) in [5, 5.41) is 0. The number of ether oxygens (including phenoxy) is 1. The van der Waals surface area contributed by atoms with Gasteiger partial charge in [0.15, 0.2) is 0 Å². The van der Waals surface area contributed by atoms with Crippen molar-refractivity contribution in [3.63, 3.8) is 0 Å². The molecule has 0 N–H and O–H groups in total. The first kappa shape index (κ1) is 14.8. The predicted octanol–water partition coefficient (Wildman–Crippen LogP) is 4.08. The van der Waals surface area contributed by atoms with Crippen molar-refractivity contribution in [3.8, 4) is 0 Å². The molecule has 0 aliphatic heterocycles.